The van der Waals surface area contributed by atoms with Crippen LogP contribution >= 0.6 is 0 Å². The van der Waals surface area contributed by atoms with Gasteiger partial charge in [0.05, 0.1) is 0 Å². The first kappa shape index (κ1) is 11.4. The lowest BCUT2D eigenvalue weighted by Crippen LogP contribution is -2.41. The van der Waals surface area contributed by atoms with Crippen molar-refractivity contribution in [2.24, 2.45) is 0 Å². The van der Waals surface area contributed by atoms with Crippen LogP contribution < -0.4 is 0 Å². The Morgan fingerprint density at radius 2 is 1.71 bits per heavy atom. The molecule has 0 N–H and O–H groups in total. The van der Waals surface area contributed by atoms with E-state index in [1.165, 1.54) is 19.9 Å². The summed E-state index contributed by atoms with van der Waals surface area (Å²) in [6, 6.07) is 3.39. The van der Waals surface area contributed by atoms with Crippen LogP contribution in [-0.4, -0.2) is 17.7 Å². The summed E-state index contributed by atoms with van der Waals surface area (Å²) in [5.41, 5.74) is -0.168. The summed E-state index contributed by atoms with van der Waals surface area (Å²) >= 11 is 0. The Kier molecular flexibility index (Phi) is 2.53. The molecule has 0 amide bonds. The van der Waals surface area contributed by atoms with Gasteiger partial charge < -0.3 is 13.9 Å². The minimum Gasteiger partial charge on any atom is -0.462 e. The maximum Gasteiger partial charge on any atom is 0.348 e. The van der Waals surface area contributed by atoms with Gasteiger partial charge in [-0.1, -0.05) is 0 Å². The molecule has 0 spiro atoms. The number of aryl methyl sites for hydroxylation is 1. The van der Waals surface area contributed by atoms with Gasteiger partial charge in [-0.15, -0.1) is 0 Å². The quantitative estimate of drug-likeness (QED) is 0.422. The molecule has 1 aliphatic rings. The summed E-state index contributed by atoms with van der Waals surface area (Å²) in [5, 5.41) is 0. The van der Waals surface area contributed by atoms with Crippen molar-refractivity contribution in [1.82, 2.24) is 0 Å². The first-order valence-corrected chi connectivity index (χ1v) is 5.12. The van der Waals surface area contributed by atoms with E-state index < -0.39 is 17.7 Å². The number of esters is 2. The van der Waals surface area contributed by atoms with Gasteiger partial charge in [-0.05, 0) is 19.1 Å². The van der Waals surface area contributed by atoms with Gasteiger partial charge in [0.1, 0.15) is 17.1 Å². The Hall–Kier alpha value is -2.04. The van der Waals surface area contributed by atoms with Crippen LogP contribution in [0.2, 0.25) is 0 Å². The molecular formula is C12H12O5. The first-order valence-electron chi connectivity index (χ1n) is 5.12. The van der Waals surface area contributed by atoms with Crippen LogP contribution in [0.3, 0.4) is 0 Å². The molecule has 2 rings (SSSR count). The average Bonchev–Trinajstić information content (AvgIpc) is 2.56. The Bertz CT molecular complexity index is 485. The largest absolute Gasteiger partial charge is 0.462 e. The van der Waals surface area contributed by atoms with Crippen LogP contribution in [0.5, 0.6) is 0 Å². The van der Waals surface area contributed by atoms with Crippen molar-refractivity contribution in [2.45, 2.75) is 26.6 Å². The number of cyclic esters (lactones) is 2. The Balaban J connectivity index is 2.30. The van der Waals surface area contributed by atoms with Crippen molar-refractivity contribution < 1.29 is 23.5 Å². The Labute approximate surface area is 98.0 Å². The second-order valence-electron chi connectivity index (χ2n) is 4.19. The number of rotatable bonds is 1. The van der Waals surface area contributed by atoms with Gasteiger partial charge in [-0.3, -0.25) is 0 Å². The molecule has 0 aliphatic carbocycles. The van der Waals surface area contributed by atoms with Gasteiger partial charge in [0.15, 0.2) is 0 Å². The highest BCUT2D eigenvalue weighted by atomic mass is 16.7. The minimum absolute atomic E-state index is 0.168. The minimum atomic E-state index is -1.22. The number of hydrogen-bond donors (Lipinski definition) is 0. The van der Waals surface area contributed by atoms with Crippen molar-refractivity contribution in [1.29, 1.82) is 0 Å². The molecule has 1 fully saturated rings. The van der Waals surface area contributed by atoms with E-state index in [0.29, 0.717) is 11.5 Å². The molecule has 0 atom stereocenters. The van der Waals surface area contributed by atoms with Crippen molar-refractivity contribution >= 4 is 18.0 Å². The van der Waals surface area contributed by atoms with E-state index in [0.717, 1.165) is 0 Å². The number of ether oxygens (including phenoxy) is 2. The maximum absolute atomic E-state index is 11.6. The fourth-order valence-corrected chi connectivity index (χ4v) is 1.45. The van der Waals surface area contributed by atoms with E-state index in [-0.39, 0.29) is 5.57 Å². The molecule has 1 aliphatic heterocycles. The lowest BCUT2D eigenvalue weighted by molar-refractivity contribution is -0.222. The smallest absolute Gasteiger partial charge is 0.348 e. The molecular weight excluding hydrogens is 224 g/mol. The molecule has 5 nitrogen and oxygen atoms in total. The summed E-state index contributed by atoms with van der Waals surface area (Å²) in [4.78, 5) is 23.2. The molecule has 0 bridgehead atoms. The Morgan fingerprint density at radius 3 is 2.18 bits per heavy atom. The van der Waals surface area contributed by atoms with Crippen LogP contribution in [0.25, 0.3) is 6.08 Å². The summed E-state index contributed by atoms with van der Waals surface area (Å²) in [5.74, 6) is -1.54. The van der Waals surface area contributed by atoms with Gasteiger partial charge in [0.25, 0.3) is 5.79 Å². The van der Waals surface area contributed by atoms with Crippen LogP contribution in [-0.2, 0) is 19.1 Å². The SMILES string of the molecule is Cc1ccc(C=C2C(=O)OC(C)(C)OC2=O)o1. The fourth-order valence-electron chi connectivity index (χ4n) is 1.45. The van der Waals surface area contributed by atoms with E-state index in [1.807, 2.05) is 0 Å². The highest BCUT2D eigenvalue weighted by molar-refractivity contribution is 6.18. The van der Waals surface area contributed by atoms with Gasteiger partial charge in [0, 0.05) is 19.9 Å². The molecule has 0 unspecified atom stereocenters. The highest BCUT2D eigenvalue weighted by Crippen LogP contribution is 2.24. The highest BCUT2D eigenvalue weighted by Gasteiger charge is 2.39. The molecule has 0 aromatic carbocycles. The molecule has 0 radical (unpaired) electrons. The van der Waals surface area contributed by atoms with Crippen molar-refractivity contribution in [2.75, 3.05) is 0 Å². The number of carbonyl (C=O) groups excluding carboxylic acids is 2. The molecule has 1 aromatic rings. The zero-order chi connectivity index (χ0) is 12.6. The number of carbonyl (C=O) groups is 2. The Morgan fingerprint density at radius 1 is 1.12 bits per heavy atom. The van der Waals surface area contributed by atoms with E-state index in [9.17, 15) is 9.59 Å². The normalized spacial score (nSPS) is 18.6. The zero-order valence-corrected chi connectivity index (χ0v) is 9.77. The topological polar surface area (TPSA) is 65.7 Å². The third-order valence-electron chi connectivity index (χ3n) is 2.16. The van der Waals surface area contributed by atoms with Crippen LogP contribution in [0.4, 0.5) is 0 Å². The molecule has 5 heteroatoms. The van der Waals surface area contributed by atoms with Crippen molar-refractivity contribution in [3.05, 3.63) is 29.2 Å². The molecule has 90 valence electrons. The van der Waals surface area contributed by atoms with Crippen molar-refractivity contribution in [3.8, 4) is 0 Å². The monoisotopic (exact) mass is 236 g/mol. The third-order valence-corrected chi connectivity index (χ3v) is 2.16. The second-order valence-corrected chi connectivity index (χ2v) is 4.19. The summed E-state index contributed by atoms with van der Waals surface area (Å²) < 4.78 is 15.1. The molecule has 2 heterocycles. The zero-order valence-electron chi connectivity index (χ0n) is 9.77. The summed E-state index contributed by atoms with van der Waals surface area (Å²) in [6.07, 6.45) is 1.31. The predicted octanol–water partition coefficient (Wildman–Crippen LogP) is 1.81. The van der Waals surface area contributed by atoms with Gasteiger partial charge in [0.2, 0.25) is 0 Å². The van der Waals surface area contributed by atoms with E-state index >= 15 is 0 Å². The van der Waals surface area contributed by atoms with Gasteiger partial charge in [-0.2, -0.15) is 0 Å². The average molecular weight is 236 g/mol. The van der Waals surface area contributed by atoms with Crippen molar-refractivity contribution in [3.63, 3.8) is 0 Å². The number of furan rings is 1. The number of hydrogen-bond acceptors (Lipinski definition) is 5. The standard InChI is InChI=1S/C12H12O5/c1-7-4-5-8(15-7)6-9-10(13)16-12(2,3)17-11(9)14/h4-6H,1-3H3. The van der Waals surface area contributed by atoms with E-state index in [1.54, 1.807) is 19.1 Å². The van der Waals surface area contributed by atoms with Crippen LogP contribution in [0.1, 0.15) is 25.4 Å². The van der Waals surface area contributed by atoms with E-state index in [4.69, 9.17) is 13.9 Å². The first-order chi connectivity index (χ1) is 7.87. The predicted molar refractivity (Wildman–Crippen MR) is 57.7 cm³/mol. The molecule has 1 aromatic heterocycles. The molecule has 17 heavy (non-hydrogen) atoms. The summed E-state index contributed by atoms with van der Waals surface area (Å²) in [7, 11) is 0. The second kappa shape index (κ2) is 3.76. The van der Waals surface area contributed by atoms with Gasteiger partial charge in [-0.25, -0.2) is 9.59 Å². The fraction of sp³-hybridized carbons (Fsp3) is 0.333. The maximum atomic E-state index is 11.6. The molecule has 1 saturated heterocycles. The van der Waals surface area contributed by atoms with Crippen LogP contribution in [0.15, 0.2) is 22.1 Å². The summed E-state index contributed by atoms with van der Waals surface area (Å²) in [6.45, 7) is 4.76. The van der Waals surface area contributed by atoms with Gasteiger partial charge >= 0.3 is 11.9 Å². The van der Waals surface area contributed by atoms with Crippen LogP contribution in [0, 0.1) is 6.92 Å². The lowest BCUT2D eigenvalue weighted by Gasteiger charge is -2.29. The molecule has 0 saturated carbocycles. The van der Waals surface area contributed by atoms with E-state index in [2.05, 4.69) is 0 Å². The third kappa shape index (κ3) is 2.38. The lowest BCUT2D eigenvalue weighted by atomic mass is 10.2.